The third kappa shape index (κ3) is 2.91. The summed E-state index contributed by atoms with van der Waals surface area (Å²) in [4.78, 5) is 15.0. The fourth-order valence-electron chi connectivity index (χ4n) is 3.28. The third-order valence-electron chi connectivity index (χ3n) is 4.55. The molecule has 4 heteroatoms. The summed E-state index contributed by atoms with van der Waals surface area (Å²) in [7, 11) is 0. The zero-order valence-electron chi connectivity index (χ0n) is 14.1. The predicted molar refractivity (Wildman–Crippen MR) is 100 cm³/mol. The van der Waals surface area contributed by atoms with Crippen molar-refractivity contribution in [2.24, 2.45) is 0 Å². The van der Waals surface area contributed by atoms with E-state index in [2.05, 4.69) is 11.4 Å². The standard InChI is InChI=1S/C22H17N3O/c23-14-17-9-6-10-18(13-17)21-24-20-12-5-4-11-19(20)22(26)25(21)15-16-7-2-1-3-8-16/h1-13,21,24H,15H2. The van der Waals surface area contributed by atoms with Gasteiger partial charge in [0.05, 0.1) is 17.2 Å². The number of amides is 1. The largest absolute Gasteiger partial charge is 0.361 e. The molecule has 1 N–H and O–H groups in total. The number of nitrogens with zero attached hydrogens (tertiary/aromatic N) is 2. The Morgan fingerprint density at radius 2 is 1.73 bits per heavy atom. The molecular formula is C22H17N3O. The first kappa shape index (κ1) is 15.9. The second-order valence-corrected chi connectivity index (χ2v) is 6.25. The second kappa shape index (κ2) is 6.73. The lowest BCUT2D eigenvalue weighted by Crippen LogP contribution is -2.42. The Bertz CT molecular complexity index is 992. The Labute approximate surface area is 152 Å². The van der Waals surface area contributed by atoms with Crippen molar-refractivity contribution in [2.75, 3.05) is 5.32 Å². The van der Waals surface area contributed by atoms with E-state index in [0.717, 1.165) is 16.8 Å². The summed E-state index contributed by atoms with van der Waals surface area (Å²) in [5.74, 6) is -0.0180. The molecule has 1 aliphatic rings. The summed E-state index contributed by atoms with van der Waals surface area (Å²) in [6.07, 6.45) is -0.328. The first-order valence-corrected chi connectivity index (χ1v) is 8.47. The minimum Gasteiger partial charge on any atom is -0.361 e. The van der Waals surface area contributed by atoms with Crippen molar-refractivity contribution in [3.8, 4) is 6.07 Å². The molecule has 0 saturated carbocycles. The molecule has 0 aromatic heterocycles. The lowest BCUT2D eigenvalue weighted by Gasteiger charge is -2.38. The maximum atomic E-state index is 13.2. The average Bonchev–Trinajstić information content (AvgIpc) is 2.71. The van der Waals surface area contributed by atoms with Gasteiger partial charge in [0.25, 0.3) is 5.91 Å². The number of anilines is 1. The molecule has 26 heavy (non-hydrogen) atoms. The van der Waals surface area contributed by atoms with Crippen LogP contribution in [0.1, 0.15) is 33.2 Å². The van der Waals surface area contributed by atoms with Gasteiger partial charge < -0.3 is 10.2 Å². The van der Waals surface area contributed by atoms with Gasteiger partial charge in [0.2, 0.25) is 0 Å². The van der Waals surface area contributed by atoms with Crippen molar-refractivity contribution in [2.45, 2.75) is 12.7 Å². The maximum absolute atomic E-state index is 13.2. The summed E-state index contributed by atoms with van der Waals surface area (Å²) in [5.41, 5.74) is 4.01. The molecule has 0 bridgehead atoms. The van der Waals surface area contributed by atoms with Crippen molar-refractivity contribution < 1.29 is 4.79 Å². The molecular weight excluding hydrogens is 322 g/mol. The minimum absolute atomic E-state index is 0.0180. The Morgan fingerprint density at radius 1 is 0.962 bits per heavy atom. The summed E-state index contributed by atoms with van der Waals surface area (Å²) >= 11 is 0. The Morgan fingerprint density at radius 3 is 2.54 bits per heavy atom. The van der Waals surface area contributed by atoms with Crippen LogP contribution >= 0.6 is 0 Å². The lowest BCUT2D eigenvalue weighted by atomic mass is 10.0. The topological polar surface area (TPSA) is 56.1 Å². The molecule has 0 fully saturated rings. The smallest absolute Gasteiger partial charge is 0.258 e. The second-order valence-electron chi connectivity index (χ2n) is 6.25. The molecule has 0 spiro atoms. The molecule has 1 unspecified atom stereocenters. The van der Waals surface area contributed by atoms with E-state index >= 15 is 0 Å². The number of carbonyl (C=O) groups excluding carboxylic acids is 1. The lowest BCUT2D eigenvalue weighted by molar-refractivity contribution is 0.0666. The molecule has 0 saturated heterocycles. The van der Waals surface area contributed by atoms with Crippen LogP contribution in [0, 0.1) is 11.3 Å². The quantitative estimate of drug-likeness (QED) is 0.773. The molecule has 4 rings (SSSR count). The number of hydrogen-bond donors (Lipinski definition) is 1. The highest BCUT2D eigenvalue weighted by Crippen LogP contribution is 2.34. The van der Waals surface area contributed by atoms with Crippen LogP contribution in [-0.4, -0.2) is 10.8 Å². The molecule has 1 amide bonds. The molecule has 0 radical (unpaired) electrons. The van der Waals surface area contributed by atoms with E-state index in [9.17, 15) is 10.1 Å². The van der Waals surface area contributed by atoms with Gasteiger partial charge in [-0.2, -0.15) is 5.26 Å². The Balaban J connectivity index is 1.78. The van der Waals surface area contributed by atoms with E-state index in [1.807, 2.05) is 77.7 Å². The van der Waals surface area contributed by atoms with Crippen LogP contribution in [0.15, 0.2) is 78.9 Å². The summed E-state index contributed by atoms with van der Waals surface area (Å²) < 4.78 is 0. The van der Waals surface area contributed by atoms with E-state index < -0.39 is 0 Å². The molecule has 3 aromatic rings. The third-order valence-corrected chi connectivity index (χ3v) is 4.55. The summed E-state index contributed by atoms with van der Waals surface area (Å²) in [5, 5.41) is 12.7. The van der Waals surface area contributed by atoms with Gasteiger partial charge >= 0.3 is 0 Å². The van der Waals surface area contributed by atoms with Crippen molar-refractivity contribution in [1.29, 1.82) is 5.26 Å². The van der Waals surface area contributed by atoms with E-state index in [1.165, 1.54) is 0 Å². The van der Waals surface area contributed by atoms with Crippen molar-refractivity contribution in [1.82, 2.24) is 4.90 Å². The molecule has 1 heterocycles. The number of nitrogens with one attached hydrogen (secondary N) is 1. The Kier molecular flexibility index (Phi) is 4.12. The highest BCUT2D eigenvalue weighted by Gasteiger charge is 2.32. The van der Waals surface area contributed by atoms with Gasteiger partial charge in [-0.1, -0.05) is 54.6 Å². The van der Waals surface area contributed by atoms with Gasteiger partial charge in [-0.3, -0.25) is 4.79 Å². The van der Waals surface area contributed by atoms with E-state index in [1.54, 1.807) is 6.07 Å². The maximum Gasteiger partial charge on any atom is 0.258 e. The van der Waals surface area contributed by atoms with Gasteiger partial charge in [0.15, 0.2) is 0 Å². The van der Waals surface area contributed by atoms with Gasteiger partial charge in [-0.05, 0) is 35.4 Å². The van der Waals surface area contributed by atoms with Crippen molar-refractivity contribution in [3.05, 3.63) is 101 Å². The molecule has 126 valence electrons. The monoisotopic (exact) mass is 339 g/mol. The van der Waals surface area contributed by atoms with Crippen molar-refractivity contribution in [3.63, 3.8) is 0 Å². The van der Waals surface area contributed by atoms with Gasteiger partial charge in [0, 0.05) is 12.2 Å². The summed E-state index contributed by atoms with van der Waals surface area (Å²) in [6.45, 7) is 0.489. The van der Waals surface area contributed by atoms with Crippen LogP contribution in [0.4, 0.5) is 5.69 Å². The zero-order chi connectivity index (χ0) is 17.9. The molecule has 4 nitrogen and oxygen atoms in total. The highest BCUT2D eigenvalue weighted by atomic mass is 16.2. The van der Waals surface area contributed by atoms with Crippen LogP contribution in [0.3, 0.4) is 0 Å². The number of hydrogen-bond acceptors (Lipinski definition) is 3. The molecule has 0 aliphatic carbocycles. The minimum atomic E-state index is -0.328. The average molecular weight is 339 g/mol. The molecule has 3 aromatic carbocycles. The van der Waals surface area contributed by atoms with Crippen LogP contribution in [0.2, 0.25) is 0 Å². The zero-order valence-corrected chi connectivity index (χ0v) is 14.1. The number of para-hydroxylation sites is 1. The number of nitriles is 1. The van der Waals surface area contributed by atoms with Crippen LogP contribution < -0.4 is 5.32 Å². The summed E-state index contributed by atoms with van der Waals surface area (Å²) in [6, 6.07) is 27.0. The van der Waals surface area contributed by atoms with Crippen molar-refractivity contribution >= 4 is 11.6 Å². The van der Waals surface area contributed by atoms with E-state index in [-0.39, 0.29) is 12.1 Å². The first-order valence-electron chi connectivity index (χ1n) is 8.47. The van der Waals surface area contributed by atoms with Crippen LogP contribution in [-0.2, 0) is 6.54 Å². The van der Waals surface area contributed by atoms with Gasteiger partial charge in [-0.15, -0.1) is 0 Å². The molecule has 1 atom stereocenters. The van der Waals surface area contributed by atoms with E-state index in [4.69, 9.17) is 0 Å². The van der Waals surface area contributed by atoms with Crippen LogP contribution in [0.25, 0.3) is 0 Å². The van der Waals surface area contributed by atoms with E-state index in [0.29, 0.717) is 17.7 Å². The number of rotatable bonds is 3. The highest BCUT2D eigenvalue weighted by molar-refractivity contribution is 6.01. The first-order chi connectivity index (χ1) is 12.8. The number of fused-ring (bicyclic) bond motifs is 1. The van der Waals surface area contributed by atoms with Gasteiger partial charge in [0.1, 0.15) is 6.17 Å². The molecule has 1 aliphatic heterocycles. The fourth-order valence-corrected chi connectivity index (χ4v) is 3.28. The SMILES string of the molecule is N#Cc1cccc(C2Nc3ccccc3C(=O)N2Cc2ccccc2)c1. The van der Waals surface area contributed by atoms with Gasteiger partial charge in [-0.25, -0.2) is 0 Å². The Hall–Kier alpha value is -3.58. The number of carbonyl (C=O) groups is 1. The van der Waals surface area contributed by atoms with Crippen LogP contribution in [0.5, 0.6) is 0 Å². The fraction of sp³-hybridized carbons (Fsp3) is 0.0909. The predicted octanol–water partition coefficient (Wildman–Crippen LogP) is 4.32. The number of benzene rings is 3. The normalized spacial score (nSPS) is 15.7.